The Labute approximate surface area is 113 Å². The molecule has 1 aromatic rings. The Balaban J connectivity index is 1.81. The maximum Gasteiger partial charge on any atom is 0.274 e. The van der Waals surface area contributed by atoms with Gasteiger partial charge in [0, 0.05) is 32.2 Å². The zero-order chi connectivity index (χ0) is 13.6. The van der Waals surface area contributed by atoms with E-state index in [1.165, 1.54) is 12.8 Å². The van der Waals surface area contributed by atoms with Crippen LogP contribution in [0.15, 0.2) is 6.20 Å². The number of likely N-dealkylation sites (tertiary alicyclic amines) is 1. The zero-order valence-corrected chi connectivity index (χ0v) is 11.5. The van der Waals surface area contributed by atoms with Crippen LogP contribution >= 0.6 is 0 Å². The number of carbonyl (C=O) groups excluding carboxylic acids is 1. The van der Waals surface area contributed by atoms with Crippen molar-refractivity contribution >= 4 is 11.6 Å². The molecule has 2 atom stereocenters. The van der Waals surface area contributed by atoms with Crippen molar-refractivity contribution in [3.8, 4) is 0 Å². The first kappa shape index (κ1) is 12.5. The molecule has 0 aliphatic carbocycles. The van der Waals surface area contributed by atoms with Gasteiger partial charge in [0.1, 0.15) is 5.69 Å². The van der Waals surface area contributed by atoms with E-state index in [4.69, 9.17) is 5.73 Å². The first-order valence-corrected chi connectivity index (χ1v) is 6.86. The molecule has 2 fully saturated rings. The fourth-order valence-corrected chi connectivity index (χ4v) is 3.36. The van der Waals surface area contributed by atoms with Gasteiger partial charge in [0.05, 0.1) is 11.9 Å². The number of nitrogens with zero attached hydrogens (tertiary/aromatic N) is 4. The number of aromatic nitrogens is 2. The molecular weight excluding hydrogens is 242 g/mol. The number of rotatable bonds is 1. The normalized spacial score (nSPS) is 27.6. The molecule has 1 aromatic heterocycles. The number of fused-ring (bicyclic) bond motifs is 2. The van der Waals surface area contributed by atoms with Crippen molar-refractivity contribution in [3.63, 3.8) is 0 Å². The number of carbonyl (C=O) groups is 1. The molecule has 2 aliphatic heterocycles. The summed E-state index contributed by atoms with van der Waals surface area (Å²) in [4.78, 5) is 17.0. The third-order valence-electron chi connectivity index (χ3n) is 4.61. The number of likely N-dealkylation sites (N-methyl/N-ethyl adjacent to an activating group) is 1. The van der Waals surface area contributed by atoms with Gasteiger partial charge in [-0.25, -0.2) is 0 Å². The predicted molar refractivity (Wildman–Crippen MR) is 72.7 cm³/mol. The van der Waals surface area contributed by atoms with Crippen LogP contribution in [0.5, 0.6) is 0 Å². The van der Waals surface area contributed by atoms with Crippen molar-refractivity contribution < 1.29 is 4.79 Å². The molecule has 2 N–H and O–H groups in total. The van der Waals surface area contributed by atoms with E-state index in [-0.39, 0.29) is 5.91 Å². The van der Waals surface area contributed by atoms with Crippen molar-refractivity contribution in [3.05, 3.63) is 11.9 Å². The highest BCUT2D eigenvalue weighted by Gasteiger charge is 2.36. The monoisotopic (exact) mass is 263 g/mol. The van der Waals surface area contributed by atoms with E-state index in [0.717, 1.165) is 19.5 Å². The molecular formula is C13H21N5O. The molecule has 1 amide bonds. The molecule has 6 heteroatoms. The summed E-state index contributed by atoms with van der Waals surface area (Å²) in [6, 6.07) is 1.12. The first-order chi connectivity index (χ1) is 9.08. The summed E-state index contributed by atoms with van der Waals surface area (Å²) in [5, 5.41) is 4.05. The maximum absolute atomic E-state index is 12.6. The van der Waals surface area contributed by atoms with Gasteiger partial charge in [-0.2, -0.15) is 5.10 Å². The minimum absolute atomic E-state index is 0.0125. The third kappa shape index (κ3) is 2.00. The van der Waals surface area contributed by atoms with Gasteiger partial charge in [-0.3, -0.25) is 14.4 Å². The Hall–Kier alpha value is -1.56. The van der Waals surface area contributed by atoms with Crippen LogP contribution in [0.2, 0.25) is 0 Å². The van der Waals surface area contributed by atoms with Gasteiger partial charge in [0.15, 0.2) is 0 Å². The minimum Gasteiger partial charge on any atom is -0.396 e. The Morgan fingerprint density at radius 2 is 2.05 bits per heavy atom. The summed E-state index contributed by atoms with van der Waals surface area (Å²) in [6.45, 7) is 1.62. The maximum atomic E-state index is 12.6. The molecule has 19 heavy (non-hydrogen) atoms. The molecule has 0 radical (unpaired) electrons. The molecule has 2 saturated heterocycles. The van der Waals surface area contributed by atoms with Crippen molar-refractivity contribution in [1.82, 2.24) is 19.6 Å². The lowest BCUT2D eigenvalue weighted by Crippen LogP contribution is -2.40. The number of amides is 1. The number of hydrogen-bond acceptors (Lipinski definition) is 4. The van der Waals surface area contributed by atoms with Gasteiger partial charge in [0.2, 0.25) is 0 Å². The third-order valence-corrected chi connectivity index (χ3v) is 4.61. The molecule has 0 spiro atoms. The van der Waals surface area contributed by atoms with Crippen LogP contribution in [0, 0.1) is 0 Å². The molecule has 3 heterocycles. The van der Waals surface area contributed by atoms with Gasteiger partial charge >= 0.3 is 0 Å². The zero-order valence-electron chi connectivity index (χ0n) is 11.5. The lowest BCUT2D eigenvalue weighted by Gasteiger charge is -2.25. The highest BCUT2D eigenvalue weighted by atomic mass is 16.2. The van der Waals surface area contributed by atoms with E-state index in [1.54, 1.807) is 17.9 Å². The number of nitrogens with two attached hydrogens (primary N) is 1. The van der Waals surface area contributed by atoms with Crippen LogP contribution in [0.3, 0.4) is 0 Å². The molecule has 0 aromatic carbocycles. The molecule has 104 valence electrons. The van der Waals surface area contributed by atoms with Crippen LogP contribution in [0.4, 0.5) is 5.69 Å². The van der Waals surface area contributed by atoms with Crippen LogP contribution in [-0.2, 0) is 7.05 Å². The van der Waals surface area contributed by atoms with Gasteiger partial charge in [-0.15, -0.1) is 0 Å². The minimum atomic E-state index is 0.0125. The van der Waals surface area contributed by atoms with Crippen molar-refractivity contribution in [2.75, 3.05) is 25.9 Å². The molecule has 3 rings (SSSR count). The van der Waals surface area contributed by atoms with Crippen LogP contribution in [0.1, 0.15) is 29.8 Å². The lowest BCUT2D eigenvalue weighted by atomic mass is 10.1. The predicted octanol–water partition coefficient (Wildman–Crippen LogP) is 0.311. The molecule has 2 unspecified atom stereocenters. The fraction of sp³-hybridized carbons (Fsp3) is 0.692. The second kappa shape index (κ2) is 4.52. The summed E-state index contributed by atoms with van der Waals surface area (Å²) in [6.07, 6.45) is 5.04. The van der Waals surface area contributed by atoms with E-state index in [9.17, 15) is 4.79 Å². The van der Waals surface area contributed by atoms with Crippen molar-refractivity contribution in [2.45, 2.75) is 31.3 Å². The topological polar surface area (TPSA) is 67.4 Å². The van der Waals surface area contributed by atoms with Crippen LogP contribution < -0.4 is 5.73 Å². The van der Waals surface area contributed by atoms with Gasteiger partial charge in [-0.1, -0.05) is 0 Å². The Morgan fingerprint density at radius 3 is 2.74 bits per heavy atom. The summed E-state index contributed by atoms with van der Waals surface area (Å²) in [7, 11) is 3.94. The quantitative estimate of drug-likeness (QED) is 0.792. The van der Waals surface area contributed by atoms with Crippen LogP contribution in [0.25, 0.3) is 0 Å². The highest BCUT2D eigenvalue weighted by molar-refractivity contribution is 5.97. The summed E-state index contributed by atoms with van der Waals surface area (Å²) < 4.78 is 1.57. The van der Waals surface area contributed by atoms with E-state index in [2.05, 4.69) is 17.0 Å². The van der Waals surface area contributed by atoms with E-state index >= 15 is 0 Å². The number of aryl methyl sites for hydroxylation is 1. The highest BCUT2D eigenvalue weighted by Crippen LogP contribution is 2.29. The lowest BCUT2D eigenvalue weighted by molar-refractivity contribution is 0.0730. The first-order valence-electron chi connectivity index (χ1n) is 6.86. The largest absolute Gasteiger partial charge is 0.396 e. The number of hydrogen-bond donors (Lipinski definition) is 1. The van der Waals surface area contributed by atoms with Gasteiger partial charge in [-0.05, 0) is 26.3 Å². The second-order valence-corrected chi connectivity index (χ2v) is 5.66. The average Bonchev–Trinajstić information content (AvgIpc) is 2.80. The molecule has 0 saturated carbocycles. The Morgan fingerprint density at radius 1 is 1.32 bits per heavy atom. The van der Waals surface area contributed by atoms with E-state index in [0.29, 0.717) is 23.5 Å². The average molecular weight is 263 g/mol. The SMILES string of the molecule is CN1C2CCC1CN(C(=O)c1c(N)cnn1C)CC2. The van der Waals surface area contributed by atoms with Crippen molar-refractivity contribution in [2.24, 2.45) is 7.05 Å². The molecule has 2 bridgehead atoms. The fourth-order valence-electron chi connectivity index (χ4n) is 3.36. The van der Waals surface area contributed by atoms with Gasteiger partial charge < -0.3 is 10.6 Å². The summed E-state index contributed by atoms with van der Waals surface area (Å²) in [5.41, 5.74) is 6.83. The van der Waals surface area contributed by atoms with Crippen LogP contribution in [-0.4, -0.2) is 57.7 Å². The molecule has 6 nitrogen and oxygen atoms in total. The summed E-state index contributed by atoms with van der Waals surface area (Å²) in [5.74, 6) is 0.0125. The number of anilines is 1. The van der Waals surface area contributed by atoms with Crippen molar-refractivity contribution in [1.29, 1.82) is 0 Å². The smallest absolute Gasteiger partial charge is 0.274 e. The molecule has 2 aliphatic rings. The van der Waals surface area contributed by atoms with E-state index < -0.39 is 0 Å². The standard InChI is InChI=1S/C13H21N5O/c1-16-9-3-4-10(16)8-18(6-5-9)13(19)12-11(14)7-15-17(12)2/h7,9-10H,3-6,8,14H2,1-2H3. The van der Waals surface area contributed by atoms with E-state index in [1.807, 2.05) is 4.90 Å². The Kier molecular flexibility index (Phi) is 2.97. The second-order valence-electron chi connectivity index (χ2n) is 5.66. The number of nitrogen functional groups attached to an aromatic ring is 1. The Bertz CT molecular complexity index is 478. The van der Waals surface area contributed by atoms with Gasteiger partial charge in [0.25, 0.3) is 5.91 Å². The summed E-state index contributed by atoms with van der Waals surface area (Å²) >= 11 is 0.